The summed E-state index contributed by atoms with van der Waals surface area (Å²) < 4.78 is 0. The maximum absolute atomic E-state index is 12.0. The van der Waals surface area contributed by atoms with Gasteiger partial charge in [-0.1, -0.05) is 30.3 Å². The number of benzene rings is 1. The molecule has 6 nitrogen and oxygen atoms in total. The van der Waals surface area contributed by atoms with Gasteiger partial charge in [-0.25, -0.2) is 0 Å². The van der Waals surface area contributed by atoms with Crippen LogP contribution in [-0.2, 0) is 20.8 Å². The molecule has 0 radical (unpaired) electrons. The fourth-order valence-electron chi connectivity index (χ4n) is 2.53. The first-order chi connectivity index (χ1) is 10.1. The van der Waals surface area contributed by atoms with Crippen LogP contribution in [-0.4, -0.2) is 51.0 Å². The van der Waals surface area contributed by atoms with E-state index >= 15 is 0 Å². The largest absolute Gasteiger partial charge is 0.480 e. The van der Waals surface area contributed by atoms with E-state index in [2.05, 4.69) is 5.32 Å². The Morgan fingerprint density at radius 3 is 2.71 bits per heavy atom. The van der Waals surface area contributed by atoms with E-state index in [-0.39, 0.29) is 30.2 Å². The molecule has 0 aliphatic carbocycles. The number of fused-ring (bicyclic) bond motifs is 1. The van der Waals surface area contributed by atoms with Gasteiger partial charge in [0.05, 0.1) is 6.42 Å². The number of carboxylic acids is 1. The Balaban J connectivity index is 1.58. The number of carboxylic acid groups (broad SMARTS) is 1. The molecule has 2 amide bonds. The third-order valence-corrected chi connectivity index (χ3v) is 5.09. The van der Waals surface area contributed by atoms with Gasteiger partial charge in [0.2, 0.25) is 11.8 Å². The van der Waals surface area contributed by atoms with Crippen molar-refractivity contribution in [2.45, 2.75) is 23.1 Å². The van der Waals surface area contributed by atoms with Crippen molar-refractivity contribution >= 4 is 29.5 Å². The molecular weight excluding hydrogens is 292 g/mol. The number of β-lactam (4-membered cyclic amide) rings is 1. The monoisotopic (exact) mass is 306 g/mol. The Kier molecular flexibility index (Phi) is 3.59. The lowest BCUT2D eigenvalue weighted by molar-refractivity contribution is -0.148. The fraction of sp³-hybridized carbons (Fsp3) is 0.357. The number of amides is 2. The Bertz CT molecular complexity index is 592. The highest BCUT2D eigenvalue weighted by Gasteiger charge is 2.55. The molecule has 7 heteroatoms. The van der Waals surface area contributed by atoms with Crippen LogP contribution in [0.5, 0.6) is 0 Å². The van der Waals surface area contributed by atoms with E-state index in [4.69, 9.17) is 5.11 Å². The molecule has 2 saturated heterocycles. The third-order valence-electron chi connectivity index (χ3n) is 3.61. The van der Waals surface area contributed by atoms with Gasteiger partial charge in [-0.05, 0) is 5.56 Å². The van der Waals surface area contributed by atoms with Crippen molar-refractivity contribution in [3.63, 3.8) is 0 Å². The average Bonchev–Trinajstić information content (AvgIpc) is 2.87. The van der Waals surface area contributed by atoms with E-state index in [0.29, 0.717) is 0 Å². The molecule has 1 aromatic carbocycles. The van der Waals surface area contributed by atoms with Gasteiger partial charge in [-0.3, -0.25) is 14.4 Å². The topological polar surface area (TPSA) is 86.7 Å². The lowest BCUT2D eigenvalue weighted by Gasteiger charge is -2.41. The maximum Gasteiger partial charge on any atom is 0.318 e. The smallest absolute Gasteiger partial charge is 0.318 e. The zero-order valence-electron chi connectivity index (χ0n) is 11.1. The van der Waals surface area contributed by atoms with Crippen molar-refractivity contribution < 1.29 is 19.5 Å². The lowest BCUT2D eigenvalue weighted by atomic mass is 10.1. The molecule has 21 heavy (non-hydrogen) atoms. The Hall–Kier alpha value is -2.02. The van der Waals surface area contributed by atoms with Gasteiger partial charge >= 0.3 is 5.97 Å². The minimum Gasteiger partial charge on any atom is -0.480 e. The molecule has 3 rings (SSSR count). The van der Waals surface area contributed by atoms with Crippen molar-refractivity contribution in [3.8, 4) is 0 Å². The van der Waals surface area contributed by atoms with Gasteiger partial charge in [0, 0.05) is 6.54 Å². The molecule has 0 bridgehead atoms. The minimum absolute atomic E-state index is 0.197. The van der Waals surface area contributed by atoms with Crippen LogP contribution in [0.25, 0.3) is 0 Å². The predicted octanol–water partition coefficient (Wildman–Crippen LogP) is 0.0822. The molecule has 2 N–H and O–H groups in total. The molecule has 110 valence electrons. The lowest BCUT2D eigenvalue weighted by Crippen LogP contribution is -2.67. The first kappa shape index (κ1) is 13.9. The molecule has 2 heterocycles. The summed E-state index contributed by atoms with van der Waals surface area (Å²) in [5, 5.41) is 10.8. The number of aliphatic carboxylic acids is 1. The van der Waals surface area contributed by atoms with E-state index in [9.17, 15) is 14.4 Å². The zero-order valence-corrected chi connectivity index (χ0v) is 11.9. The predicted molar refractivity (Wildman–Crippen MR) is 76.6 cm³/mol. The summed E-state index contributed by atoms with van der Waals surface area (Å²) in [4.78, 5) is 36.3. The van der Waals surface area contributed by atoms with Crippen LogP contribution in [0.4, 0.5) is 0 Å². The first-order valence-electron chi connectivity index (χ1n) is 6.58. The second kappa shape index (κ2) is 5.40. The van der Waals surface area contributed by atoms with Gasteiger partial charge in [0.25, 0.3) is 0 Å². The number of nitrogens with zero attached hydrogens (tertiary/aromatic N) is 1. The van der Waals surface area contributed by atoms with Gasteiger partial charge in [-0.15, -0.1) is 11.8 Å². The summed E-state index contributed by atoms with van der Waals surface area (Å²) in [6.07, 6.45) is 0.213. The number of nitrogens with one attached hydrogen (secondary N) is 1. The van der Waals surface area contributed by atoms with Gasteiger partial charge in [0.1, 0.15) is 16.7 Å². The van der Waals surface area contributed by atoms with Crippen LogP contribution in [0, 0.1) is 0 Å². The standard InChI is InChI=1S/C14H14N2O4S/c17-10(6-8-4-2-1-3-5-8)15-11-12(18)16-7-9(14(19)20)21-13(11)16/h1-5,9,11,13H,6-7H2,(H,15,17)(H,19,20)/t9?,11?,13-/m0/s1. The number of carbonyl (C=O) groups excluding carboxylic acids is 2. The maximum atomic E-state index is 12.0. The first-order valence-corrected chi connectivity index (χ1v) is 7.52. The van der Waals surface area contributed by atoms with Crippen molar-refractivity contribution in [2.75, 3.05) is 6.54 Å². The highest BCUT2D eigenvalue weighted by atomic mass is 32.2. The molecule has 2 aliphatic rings. The molecule has 1 aromatic rings. The average molecular weight is 306 g/mol. The quantitative estimate of drug-likeness (QED) is 0.770. The van der Waals surface area contributed by atoms with E-state index in [1.54, 1.807) is 0 Å². The van der Waals surface area contributed by atoms with Crippen LogP contribution < -0.4 is 5.32 Å². The second-order valence-electron chi connectivity index (χ2n) is 5.05. The molecule has 0 spiro atoms. The molecule has 2 unspecified atom stereocenters. The molecule has 0 saturated carbocycles. The fourth-order valence-corrected chi connectivity index (χ4v) is 3.91. The van der Waals surface area contributed by atoms with E-state index in [1.165, 1.54) is 16.7 Å². The highest BCUT2D eigenvalue weighted by Crippen LogP contribution is 2.40. The van der Waals surface area contributed by atoms with E-state index < -0.39 is 17.3 Å². The highest BCUT2D eigenvalue weighted by molar-refractivity contribution is 8.01. The molecule has 2 fully saturated rings. The van der Waals surface area contributed by atoms with Crippen LogP contribution in [0.1, 0.15) is 5.56 Å². The summed E-state index contributed by atoms with van der Waals surface area (Å²) in [5.74, 6) is -1.34. The summed E-state index contributed by atoms with van der Waals surface area (Å²) >= 11 is 1.22. The summed E-state index contributed by atoms with van der Waals surface area (Å²) in [7, 11) is 0. The second-order valence-corrected chi connectivity index (χ2v) is 6.38. The van der Waals surface area contributed by atoms with Crippen LogP contribution in [0.2, 0.25) is 0 Å². The number of thioether (sulfide) groups is 1. The van der Waals surface area contributed by atoms with Gasteiger partial charge in [0.15, 0.2) is 0 Å². The van der Waals surface area contributed by atoms with Crippen LogP contribution in [0.15, 0.2) is 30.3 Å². The van der Waals surface area contributed by atoms with Crippen molar-refractivity contribution in [1.29, 1.82) is 0 Å². The van der Waals surface area contributed by atoms with E-state index in [0.717, 1.165) is 5.56 Å². The van der Waals surface area contributed by atoms with Gasteiger partial charge in [-0.2, -0.15) is 0 Å². The number of hydrogen-bond acceptors (Lipinski definition) is 4. The molecule has 0 aromatic heterocycles. The summed E-state index contributed by atoms with van der Waals surface area (Å²) in [6, 6.07) is 8.66. The molecule has 2 aliphatic heterocycles. The molecule has 3 atom stereocenters. The minimum atomic E-state index is -0.920. The SMILES string of the molecule is O=C(Cc1ccccc1)NC1C(=O)N2CC(C(=O)O)S[C@@H]12. The van der Waals surface area contributed by atoms with Crippen molar-refractivity contribution in [2.24, 2.45) is 0 Å². The Morgan fingerprint density at radius 1 is 1.33 bits per heavy atom. The van der Waals surface area contributed by atoms with Crippen molar-refractivity contribution in [3.05, 3.63) is 35.9 Å². The van der Waals surface area contributed by atoms with Crippen LogP contribution >= 0.6 is 11.8 Å². The summed E-state index contributed by atoms with van der Waals surface area (Å²) in [5.41, 5.74) is 0.876. The zero-order chi connectivity index (χ0) is 15.0. The number of hydrogen-bond donors (Lipinski definition) is 2. The Labute approximate surface area is 125 Å². The van der Waals surface area contributed by atoms with Gasteiger partial charge < -0.3 is 15.3 Å². The van der Waals surface area contributed by atoms with Crippen LogP contribution in [0.3, 0.4) is 0 Å². The van der Waals surface area contributed by atoms with Crippen molar-refractivity contribution in [1.82, 2.24) is 10.2 Å². The summed E-state index contributed by atoms with van der Waals surface area (Å²) in [6.45, 7) is 0.217. The normalized spacial score (nSPS) is 27.0. The molecular formula is C14H14N2O4S. The number of carbonyl (C=O) groups is 3. The van der Waals surface area contributed by atoms with E-state index in [1.807, 2.05) is 30.3 Å². The number of rotatable bonds is 4. The third kappa shape index (κ3) is 2.61. The Morgan fingerprint density at radius 2 is 2.05 bits per heavy atom.